The zero-order valence-corrected chi connectivity index (χ0v) is 12.3. The number of ether oxygens (including phenoxy) is 1. The van der Waals surface area contributed by atoms with Crippen molar-refractivity contribution in [3.63, 3.8) is 0 Å². The summed E-state index contributed by atoms with van der Waals surface area (Å²) in [6.45, 7) is 4.72. The summed E-state index contributed by atoms with van der Waals surface area (Å²) in [4.78, 5) is 18.3. The smallest absolute Gasteiger partial charge is 0.323 e. The number of pyridine rings is 1. The quantitative estimate of drug-likeness (QED) is 0.806. The first-order chi connectivity index (χ1) is 9.74. The molecule has 110 valence electrons. The van der Waals surface area contributed by atoms with Gasteiger partial charge in [0.05, 0.1) is 12.8 Å². The van der Waals surface area contributed by atoms with Crippen LogP contribution < -0.4 is 5.32 Å². The molecule has 1 aromatic rings. The van der Waals surface area contributed by atoms with Crippen LogP contribution in [-0.2, 0) is 16.1 Å². The highest BCUT2D eigenvalue weighted by molar-refractivity contribution is 5.75. The van der Waals surface area contributed by atoms with Gasteiger partial charge >= 0.3 is 5.97 Å². The lowest BCUT2D eigenvalue weighted by Gasteiger charge is -2.22. The molecule has 0 spiro atoms. The van der Waals surface area contributed by atoms with Crippen LogP contribution >= 0.6 is 0 Å². The highest BCUT2D eigenvalue weighted by Crippen LogP contribution is 2.21. The maximum absolute atomic E-state index is 11.7. The number of aromatic nitrogens is 1. The molecular formula is C15H23N3O2. The Bertz CT molecular complexity index is 450. The molecule has 2 heterocycles. The largest absolute Gasteiger partial charge is 0.468 e. The average Bonchev–Trinajstić information content (AvgIpc) is 2.93. The van der Waals surface area contributed by atoms with E-state index in [1.165, 1.54) is 7.11 Å². The van der Waals surface area contributed by atoms with E-state index >= 15 is 0 Å². The van der Waals surface area contributed by atoms with Crippen LogP contribution in [0.15, 0.2) is 18.3 Å². The molecule has 1 aromatic heterocycles. The second-order valence-corrected chi connectivity index (χ2v) is 5.11. The Kier molecular flexibility index (Phi) is 5.35. The summed E-state index contributed by atoms with van der Waals surface area (Å²) >= 11 is 0. The first kappa shape index (κ1) is 14.8. The molecule has 0 radical (unpaired) electrons. The van der Waals surface area contributed by atoms with Gasteiger partial charge in [-0.3, -0.25) is 14.7 Å². The molecule has 1 aliphatic rings. The number of likely N-dealkylation sites (tertiary alicyclic amines) is 1. The normalized spacial score (nSPS) is 19.0. The summed E-state index contributed by atoms with van der Waals surface area (Å²) in [6.07, 6.45) is 4.82. The van der Waals surface area contributed by atoms with Crippen molar-refractivity contribution in [1.82, 2.24) is 9.88 Å². The van der Waals surface area contributed by atoms with Gasteiger partial charge in [-0.15, -0.1) is 0 Å². The molecule has 1 N–H and O–H groups in total. The number of hydrogen-bond acceptors (Lipinski definition) is 5. The Morgan fingerprint density at radius 2 is 2.45 bits per heavy atom. The van der Waals surface area contributed by atoms with Crippen molar-refractivity contribution in [3.8, 4) is 0 Å². The second kappa shape index (κ2) is 7.24. The Balaban J connectivity index is 2.00. The third kappa shape index (κ3) is 3.70. The maximum atomic E-state index is 11.7. The molecule has 0 aliphatic carbocycles. The summed E-state index contributed by atoms with van der Waals surface area (Å²) in [7, 11) is 1.45. The van der Waals surface area contributed by atoms with Gasteiger partial charge in [0.1, 0.15) is 6.04 Å². The molecule has 1 atom stereocenters. The summed E-state index contributed by atoms with van der Waals surface area (Å²) in [5.74, 6) is -0.136. The molecule has 1 saturated heterocycles. The van der Waals surface area contributed by atoms with Gasteiger partial charge in [0.2, 0.25) is 0 Å². The van der Waals surface area contributed by atoms with E-state index in [0.717, 1.165) is 43.7 Å². The van der Waals surface area contributed by atoms with Crippen LogP contribution in [0.2, 0.25) is 0 Å². The molecule has 20 heavy (non-hydrogen) atoms. The van der Waals surface area contributed by atoms with Gasteiger partial charge in [0.15, 0.2) is 0 Å². The number of carbonyl (C=O) groups excluding carboxylic acids is 1. The molecule has 5 heteroatoms. The van der Waals surface area contributed by atoms with Crippen LogP contribution in [0.3, 0.4) is 0 Å². The molecule has 0 aromatic carbocycles. The summed E-state index contributed by atoms with van der Waals surface area (Å²) < 4.78 is 4.87. The number of nitrogens with zero attached hydrogens (tertiary/aromatic N) is 2. The third-order valence-electron chi connectivity index (χ3n) is 3.60. The lowest BCUT2D eigenvalue weighted by Crippen LogP contribution is -2.36. The number of anilines is 1. The lowest BCUT2D eigenvalue weighted by atomic mass is 10.2. The van der Waals surface area contributed by atoms with E-state index in [1.54, 1.807) is 0 Å². The Morgan fingerprint density at radius 1 is 1.60 bits per heavy atom. The van der Waals surface area contributed by atoms with Crippen LogP contribution in [0, 0.1) is 0 Å². The minimum absolute atomic E-state index is 0.117. The molecule has 0 saturated carbocycles. The lowest BCUT2D eigenvalue weighted by molar-refractivity contribution is -0.146. The minimum atomic E-state index is -0.136. The van der Waals surface area contributed by atoms with Gasteiger partial charge in [0, 0.05) is 25.0 Å². The van der Waals surface area contributed by atoms with Crippen molar-refractivity contribution in [2.45, 2.75) is 38.8 Å². The van der Waals surface area contributed by atoms with Crippen LogP contribution in [0.1, 0.15) is 31.9 Å². The molecule has 1 unspecified atom stereocenters. The minimum Gasteiger partial charge on any atom is -0.468 e. The molecule has 1 fully saturated rings. The van der Waals surface area contributed by atoms with E-state index < -0.39 is 0 Å². The average molecular weight is 277 g/mol. The number of nitrogens with one attached hydrogen (secondary N) is 1. The highest BCUT2D eigenvalue weighted by atomic mass is 16.5. The fourth-order valence-electron chi connectivity index (χ4n) is 2.57. The zero-order chi connectivity index (χ0) is 14.4. The molecule has 0 bridgehead atoms. The van der Waals surface area contributed by atoms with Gasteiger partial charge in [-0.05, 0) is 37.9 Å². The van der Waals surface area contributed by atoms with Crippen molar-refractivity contribution < 1.29 is 9.53 Å². The van der Waals surface area contributed by atoms with Gasteiger partial charge < -0.3 is 10.1 Å². The van der Waals surface area contributed by atoms with Crippen LogP contribution in [0.5, 0.6) is 0 Å². The maximum Gasteiger partial charge on any atom is 0.323 e. The fourth-order valence-corrected chi connectivity index (χ4v) is 2.57. The van der Waals surface area contributed by atoms with Crippen molar-refractivity contribution in [2.24, 2.45) is 0 Å². The van der Waals surface area contributed by atoms with E-state index in [1.807, 2.05) is 12.3 Å². The topological polar surface area (TPSA) is 54.5 Å². The van der Waals surface area contributed by atoms with Crippen LogP contribution in [-0.4, -0.2) is 42.1 Å². The molecule has 2 rings (SSSR count). The monoisotopic (exact) mass is 277 g/mol. The fraction of sp³-hybridized carbons (Fsp3) is 0.600. The number of carbonyl (C=O) groups is 1. The van der Waals surface area contributed by atoms with Gasteiger partial charge in [-0.2, -0.15) is 0 Å². The van der Waals surface area contributed by atoms with Gasteiger partial charge in [-0.25, -0.2) is 0 Å². The van der Waals surface area contributed by atoms with Gasteiger partial charge in [-0.1, -0.05) is 6.92 Å². The Hall–Kier alpha value is -1.62. The van der Waals surface area contributed by atoms with E-state index in [2.05, 4.69) is 28.2 Å². The van der Waals surface area contributed by atoms with Crippen molar-refractivity contribution in [2.75, 3.05) is 25.5 Å². The molecular weight excluding hydrogens is 254 g/mol. The van der Waals surface area contributed by atoms with E-state index in [9.17, 15) is 4.79 Å². The zero-order valence-electron chi connectivity index (χ0n) is 12.3. The second-order valence-electron chi connectivity index (χ2n) is 5.11. The number of rotatable bonds is 6. The van der Waals surface area contributed by atoms with E-state index in [4.69, 9.17) is 4.74 Å². The SMILES string of the molecule is CCCNc1ccnc(CN2CCCC2C(=O)OC)c1. The molecule has 1 aliphatic heterocycles. The molecule has 5 nitrogen and oxygen atoms in total. The summed E-state index contributed by atoms with van der Waals surface area (Å²) in [5.41, 5.74) is 2.08. The first-order valence-electron chi connectivity index (χ1n) is 7.25. The van der Waals surface area contributed by atoms with Crippen molar-refractivity contribution in [3.05, 3.63) is 24.0 Å². The standard InChI is InChI=1S/C15H23N3O2/c1-3-7-16-12-6-8-17-13(10-12)11-18-9-4-5-14(18)15(19)20-2/h6,8,10,14H,3-5,7,9,11H2,1-2H3,(H,16,17). The molecule has 0 amide bonds. The predicted octanol–water partition coefficient (Wildman–Crippen LogP) is 2.04. The van der Waals surface area contributed by atoms with E-state index in [0.29, 0.717) is 6.54 Å². The number of hydrogen-bond donors (Lipinski definition) is 1. The summed E-state index contributed by atoms with van der Waals surface area (Å²) in [6, 6.07) is 3.91. The third-order valence-corrected chi connectivity index (χ3v) is 3.60. The summed E-state index contributed by atoms with van der Waals surface area (Å²) in [5, 5.41) is 3.35. The number of esters is 1. The Labute approximate surface area is 120 Å². The van der Waals surface area contributed by atoms with Crippen LogP contribution in [0.4, 0.5) is 5.69 Å². The van der Waals surface area contributed by atoms with Crippen molar-refractivity contribution >= 4 is 11.7 Å². The van der Waals surface area contributed by atoms with Crippen molar-refractivity contribution in [1.29, 1.82) is 0 Å². The number of methoxy groups -OCH3 is 1. The first-order valence-corrected chi connectivity index (χ1v) is 7.25. The van der Waals surface area contributed by atoms with Crippen LogP contribution in [0.25, 0.3) is 0 Å². The van der Waals surface area contributed by atoms with E-state index in [-0.39, 0.29) is 12.0 Å². The highest BCUT2D eigenvalue weighted by Gasteiger charge is 2.31. The Morgan fingerprint density at radius 3 is 3.20 bits per heavy atom. The predicted molar refractivity (Wildman–Crippen MR) is 78.5 cm³/mol. The van der Waals surface area contributed by atoms with Gasteiger partial charge in [0.25, 0.3) is 0 Å².